The van der Waals surface area contributed by atoms with Crippen molar-refractivity contribution in [2.75, 3.05) is 6.54 Å². The van der Waals surface area contributed by atoms with E-state index in [4.69, 9.17) is 12.2 Å². The van der Waals surface area contributed by atoms with Gasteiger partial charge < -0.3 is 14.9 Å². The zero-order chi connectivity index (χ0) is 10.1. The molecule has 2 heterocycles. The van der Waals surface area contributed by atoms with Gasteiger partial charge in [0, 0.05) is 18.4 Å². The Morgan fingerprint density at radius 2 is 2.43 bits per heavy atom. The SMILES string of the molecule is Cc1cn(C2CCCNC2=O)c(=S)[nH]1. The minimum atomic E-state index is -0.124. The monoisotopic (exact) mass is 211 g/mol. The highest BCUT2D eigenvalue weighted by molar-refractivity contribution is 7.71. The maximum Gasteiger partial charge on any atom is 0.243 e. The zero-order valence-electron chi connectivity index (χ0n) is 8.04. The highest BCUT2D eigenvalue weighted by Crippen LogP contribution is 2.18. The zero-order valence-corrected chi connectivity index (χ0v) is 8.86. The lowest BCUT2D eigenvalue weighted by molar-refractivity contribution is -0.125. The van der Waals surface area contributed by atoms with E-state index in [1.54, 1.807) is 0 Å². The second-order valence-electron chi connectivity index (χ2n) is 3.60. The molecule has 0 aromatic carbocycles. The summed E-state index contributed by atoms with van der Waals surface area (Å²) in [4.78, 5) is 14.6. The Morgan fingerprint density at radius 1 is 1.64 bits per heavy atom. The fraction of sp³-hybridized carbons (Fsp3) is 0.556. The van der Waals surface area contributed by atoms with Crippen molar-refractivity contribution in [1.82, 2.24) is 14.9 Å². The molecule has 2 rings (SSSR count). The fourth-order valence-corrected chi connectivity index (χ4v) is 2.13. The molecule has 1 atom stereocenters. The van der Waals surface area contributed by atoms with Crippen LogP contribution in [0, 0.1) is 11.7 Å². The molecule has 0 aliphatic carbocycles. The lowest BCUT2D eigenvalue weighted by atomic mass is 10.1. The van der Waals surface area contributed by atoms with Crippen LogP contribution in [0.15, 0.2) is 6.20 Å². The molecule has 0 spiro atoms. The van der Waals surface area contributed by atoms with Crippen molar-refractivity contribution in [2.45, 2.75) is 25.8 Å². The van der Waals surface area contributed by atoms with Crippen molar-refractivity contribution in [3.8, 4) is 0 Å². The van der Waals surface area contributed by atoms with Gasteiger partial charge in [-0.1, -0.05) is 0 Å². The van der Waals surface area contributed by atoms with Crippen molar-refractivity contribution in [1.29, 1.82) is 0 Å². The predicted molar refractivity (Wildman–Crippen MR) is 55.6 cm³/mol. The van der Waals surface area contributed by atoms with E-state index in [1.807, 2.05) is 17.7 Å². The molecule has 1 aliphatic heterocycles. The summed E-state index contributed by atoms with van der Waals surface area (Å²) in [5, 5.41) is 2.85. The van der Waals surface area contributed by atoms with E-state index in [0.717, 1.165) is 25.1 Å². The molecule has 14 heavy (non-hydrogen) atoms. The van der Waals surface area contributed by atoms with E-state index >= 15 is 0 Å². The minimum absolute atomic E-state index is 0.0753. The molecule has 76 valence electrons. The van der Waals surface area contributed by atoms with Gasteiger partial charge in [-0.2, -0.15) is 0 Å². The first-order chi connectivity index (χ1) is 6.68. The van der Waals surface area contributed by atoms with Crippen LogP contribution in [-0.2, 0) is 4.79 Å². The maximum absolute atomic E-state index is 11.6. The van der Waals surface area contributed by atoms with Gasteiger partial charge in [-0.25, -0.2) is 0 Å². The Morgan fingerprint density at radius 3 is 3.00 bits per heavy atom. The van der Waals surface area contributed by atoms with Gasteiger partial charge in [0.25, 0.3) is 0 Å². The molecule has 1 aromatic heterocycles. The van der Waals surface area contributed by atoms with Crippen molar-refractivity contribution >= 4 is 18.1 Å². The number of imidazole rings is 1. The number of amides is 1. The largest absolute Gasteiger partial charge is 0.354 e. The van der Waals surface area contributed by atoms with Gasteiger partial charge in [0.2, 0.25) is 5.91 Å². The quantitative estimate of drug-likeness (QED) is 0.688. The van der Waals surface area contributed by atoms with Crippen LogP contribution in [0.5, 0.6) is 0 Å². The van der Waals surface area contributed by atoms with Crippen LogP contribution in [0.4, 0.5) is 0 Å². The molecule has 1 fully saturated rings. The van der Waals surface area contributed by atoms with E-state index < -0.39 is 0 Å². The predicted octanol–water partition coefficient (Wildman–Crippen LogP) is 1.31. The first kappa shape index (κ1) is 9.45. The second-order valence-corrected chi connectivity index (χ2v) is 3.99. The van der Waals surface area contributed by atoms with Gasteiger partial charge >= 0.3 is 0 Å². The molecule has 0 radical (unpaired) electrons. The number of hydrogen-bond acceptors (Lipinski definition) is 2. The number of aryl methyl sites for hydroxylation is 1. The Hall–Kier alpha value is -1.10. The number of aromatic amines is 1. The van der Waals surface area contributed by atoms with Gasteiger partial charge in [-0.05, 0) is 32.0 Å². The normalized spacial score (nSPS) is 22.1. The summed E-state index contributed by atoms with van der Waals surface area (Å²) in [7, 11) is 0. The van der Waals surface area contributed by atoms with Gasteiger partial charge in [0.15, 0.2) is 4.77 Å². The third kappa shape index (κ3) is 1.59. The van der Waals surface area contributed by atoms with Crippen molar-refractivity contribution in [3.63, 3.8) is 0 Å². The minimum Gasteiger partial charge on any atom is -0.354 e. The van der Waals surface area contributed by atoms with Crippen LogP contribution >= 0.6 is 12.2 Å². The number of H-pyrrole nitrogens is 1. The van der Waals surface area contributed by atoms with E-state index in [0.29, 0.717) is 4.77 Å². The maximum atomic E-state index is 11.6. The van der Waals surface area contributed by atoms with E-state index in [-0.39, 0.29) is 11.9 Å². The number of nitrogens with zero attached hydrogens (tertiary/aromatic N) is 1. The number of nitrogens with one attached hydrogen (secondary N) is 2. The lowest BCUT2D eigenvalue weighted by Gasteiger charge is -2.22. The highest BCUT2D eigenvalue weighted by Gasteiger charge is 2.23. The molecule has 1 aliphatic rings. The van der Waals surface area contributed by atoms with Gasteiger partial charge in [0.05, 0.1) is 0 Å². The van der Waals surface area contributed by atoms with Crippen LogP contribution in [0.2, 0.25) is 0 Å². The molecule has 1 amide bonds. The lowest BCUT2D eigenvalue weighted by Crippen LogP contribution is -2.37. The molecule has 0 saturated carbocycles. The summed E-state index contributed by atoms with van der Waals surface area (Å²) in [6, 6.07) is -0.124. The first-order valence-electron chi connectivity index (χ1n) is 4.74. The third-order valence-electron chi connectivity index (χ3n) is 2.46. The summed E-state index contributed by atoms with van der Waals surface area (Å²) in [6.07, 6.45) is 3.79. The molecule has 1 unspecified atom stereocenters. The van der Waals surface area contributed by atoms with Gasteiger partial charge in [-0.3, -0.25) is 4.79 Å². The summed E-state index contributed by atoms with van der Waals surface area (Å²) in [6.45, 7) is 2.72. The van der Waals surface area contributed by atoms with E-state index in [1.165, 1.54) is 0 Å². The highest BCUT2D eigenvalue weighted by atomic mass is 32.1. The standard InChI is InChI=1S/C9H13N3OS/c1-6-5-12(9(14)11-6)7-3-2-4-10-8(7)13/h5,7H,2-4H2,1H3,(H,10,13)(H,11,14). The average Bonchev–Trinajstić information content (AvgIpc) is 2.46. The molecular formula is C9H13N3OS. The summed E-state index contributed by atoms with van der Waals surface area (Å²) in [5.41, 5.74) is 0.994. The molecule has 5 heteroatoms. The smallest absolute Gasteiger partial charge is 0.243 e. The van der Waals surface area contributed by atoms with Crippen LogP contribution < -0.4 is 5.32 Å². The molecule has 2 N–H and O–H groups in total. The van der Waals surface area contributed by atoms with Crippen LogP contribution in [0.3, 0.4) is 0 Å². The molecule has 1 aromatic rings. The number of rotatable bonds is 1. The Bertz CT molecular complexity index is 406. The van der Waals surface area contributed by atoms with Gasteiger partial charge in [0.1, 0.15) is 6.04 Å². The van der Waals surface area contributed by atoms with Gasteiger partial charge in [-0.15, -0.1) is 0 Å². The second kappa shape index (κ2) is 3.57. The molecule has 0 bridgehead atoms. The van der Waals surface area contributed by atoms with Crippen LogP contribution in [0.25, 0.3) is 0 Å². The summed E-state index contributed by atoms with van der Waals surface area (Å²) >= 11 is 5.13. The molecule has 1 saturated heterocycles. The topological polar surface area (TPSA) is 49.8 Å². The average molecular weight is 211 g/mol. The van der Waals surface area contributed by atoms with Crippen molar-refractivity contribution in [2.24, 2.45) is 0 Å². The number of carbonyl (C=O) groups is 1. The Labute approximate surface area is 87.3 Å². The Kier molecular flexibility index (Phi) is 2.41. The van der Waals surface area contributed by atoms with E-state index in [2.05, 4.69) is 10.3 Å². The molecule has 4 nitrogen and oxygen atoms in total. The molecular weight excluding hydrogens is 198 g/mol. The Balaban J connectivity index is 2.33. The third-order valence-corrected chi connectivity index (χ3v) is 2.78. The number of hydrogen-bond donors (Lipinski definition) is 2. The number of aromatic nitrogens is 2. The first-order valence-corrected chi connectivity index (χ1v) is 5.15. The summed E-state index contributed by atoms with van der Waals surface area (Å²) < 4.78 is 2.48. The fourth-order valence-electron chi connectivity index (χ4n) is 1.79. The van der Waals surface area contributed by atoms with Crippen molar-refractivity contribution in [3.05, 3.63) is 16.7 Å². The number of piperidine rings is 1. The number of carbonyl (C=O) groups excluding carboxylic acids is 1. The van der Waals surface area contributed by atoms with Crippen LogP contribution in [0.1, 0.15) is 24.6 Å². The van der Waals surface area contributed by atoms with Crippen molar-refractivity contribution < 1.29 is 4.79 Å². The van der Waals surface area contributed by atoms with E-state index in [9.17, 15) is 4.79 Å². The summed E-state index contributed by atoms with van der Waals surface area (Å²) in [5.74, 6) is 0.0753. The van der Waals surface area contributed by atoms with Crippen LogP contribution in [-0.4, -0.2) is 22.0 Å².